The highest BCUT2D eigenvalue weighted by Gasteiger charge is 2.26. The minimum atomic E-state index is -0.577. The molecule has 0 saturated heterocycles. The van der Waals surface area contributed by atoms with Gasteiger partial charge in [-0.05, 0) is 47.1 Å². The molecule has 0 radical (unpaired) electrons. The molecule has 1 N–H and O–H groups in total. The van der Waals surface area contributed by atoms with Gasteiger partial charge in [-0.25, -0.2) is 9.59 Å². The number of H-pyrrole nitrogens is 1. The average Bonchev–Trinajstić information content (AvgIpc) is 2.52. The van der Waals surface area contributed by atoms with E-state index < -0.39 is 17.5 Å². The molecule has 0 bridgehead atoms. The van der Waals surface area contributed by atoms with Crippen LogP contribution in [0, 0.1) is 13.8 Å². The first-order valence-corrected chi connectivity index (χ1v) is 6.27. The van der Waals surface area contributed by atoms with Crippen molar-refractivity contribution in [3.63, 3.8) is 0 Å². The molecule has 108 valence electrons. The number of hydrogen-bond acceptors (Lipinski definition) is 4. The summed E-state index contributed by atoms with van der Waals surface area (Å²) in [7, 11) is 0. The summed E-state index contributed by atoms with van der Waals surface area (Å²) >= 11 is 0. The monoisotopic (exact) mass is 269 g/mol. The van der Waals surface area contributed by atoms with E-state index in [0.717, 1.165) is 0 Å². The van der Waals surface area contributed by atoms with Gasteiger partial charge in [-0.15, -0.1) is 0 Å². The van der Waals surface area contributed by atoms with Crippen molar-refractivity contribution in [2.24, 2.45) is 0 Å². The van der Waals surface area contributed by atoms with E-state index in [1.54, 1.807) is 41.5 Å². The molecule has 0 amide bonds. The van der Waals surface area contributed by atoms with Crippen LogP contribution in [0.2, 0.25) is 0 Å². The first-order valence-electron chi connectivity index (χ1n) is 6.27. The van der Waals surface area contributed by atoms with Gasteiger partial charge in [0.05, 0.1) is 12.2 Å². The summed E-state index contributed by atoms with van der Waals surface area (Å²) in [4.78, 5) is 26.7. The van der Waals surface area contributed by atoms with Crippen LogP contribution in [-0.2, 0) is 9.47 Å². The van der Waals surface area contributed by atoms with Crippen molar-refractivity contribution in [1.29, 1.82) is 0 Å². The quantitative estimate of drug-likeness (QED) is 0.856. The number of aromatic nitrogens is 1. The maximum atomic E-state index is 12.0. The lowest BCUT2D eigenvalue weighted by molar-refractivity contribution is 0.00626. The van der Waals surface area contributed by atoms with Crippen LogP contribution in [-0.4, -0.2) is 29.1 Å². The maximum absolute atomic E-state index is 12.0. The molecule has 0 aliphatic carbocycles. The zero-order chi connectivity index (χ0) is 14.8. The topological polar surface area (TPSA) is 68.4 Å². The molecular weight excluding hydrogens is 246 g/mol. The van der Waals surface area contributed by atoms with E-state index in [4.69, 9.17) is 9.47 Å². The lowest BCUT2D eigenvalue weighted by Gasteiger charge is -2.19. The zero-order valence-corrected chi connectivity index (χ0v) is 12.3. The average molecular weight is 269 g/mol. The Morgan fingerprint density at radius 1 is 1.21 bits per heavy atom. The number of hydrogen-bond donors (Lipinski definition) is 1. The Morgan fingerprint density at radius 3 is 2.26 bits per heavy atom. The van der Waals surface area contributed by atoms with Crippen LogP contribution in [0.3, 0.4) is 0 Å². The lowest BCUT2D eigenvalue weighted by Crippen LogP contribution is -2.24. The standard InChI is InChI=1S/C14H21NO4.H2/c1-7-18-12(16)10-8(2)11(15-9(10)3)13(17)19-14(4,5)6;/h15H,7H2,1-6H3;1H. The van der Waals surface area contributed by atoms with Crippen molar-refractivity contribution >= 4 is 11.9 Å². The van der Waals surface area contributed by atoms with Gasteiger partial charge in [0.1, 0.15) is 11.3 Å². The number of carbonyl (C=O) groups is 2. The lowest BCUT2D eigenvalue weighted by atomic mass is 10.1. The highest BCUT2D eigenvalue weighted by molar-refractivity contribution is 5.98. The van der Waals surface area contributed by atoms with Gasteiger partial charge in [-0.1, -0.05) is 0 Å². The van der Waals surface area contributed by atoms with Gasteiger partial charge >= 0.3 is 11.9 Å². The summed E-state index contributed by atoms with van der Waals surface area (Å²) in [5.41, 5.74) is 1.30. The molecule has 0 saturated carbocycles. The normalized spacial score (nSPS) is 11.3. The van der Waals surface area contributed by atoms with Crippen molar-refractivity contribution < 1.29 is 20.5 Å². The Hall–Kier alpha value is -1.78. The van der Waals surface area contributed by atoms with E-state index in [9.17, 15) is 9.59 Å². The Kier molecular flexibility index (Phi) is 4.39. The minimum absolute atomic E-state index is 0. The Labute approximate surface area is 114 Å². The number of aryl methyl sites for hydroxylation is 1. The number of carbonyl (C=O) groups excluding carboxylic acids is 2. The number of esters is 2. The van der Waals surface area contributed by atoms with Gasteiger partial charge in [0.25, 0.3) is 0 Å². The molecule has 1 aromatic heterocycles. The third-order valence-electron chi connectivity index (χ3n) is 2.52. The third-order valence-corrected chi connectivity index (χ3v) is 2.52. The minimum Gasteiger partial charge on any atom is -0.462 e. The van der Waals surface area contributed by atoms with E-state index in [2.05, 4.69) is 4.98 Å². The van der Waals surface area contributed by atoms with E-state index in [1.807, 2.05) is 0 Å². The van der Waals surface area contributed by atoms with Crippen LogP contribution in [0.15, 0.2) is 0 Å². The second kappa shape index (κ2) is 5.47. The smallest absolute Gasteiger partial charge is 0.355 e. The Bertz CT molecular complexity index is 500. The van der Waals surface area contributed by atoms with Gasteiger partial charge in [0.15, 0.2) is 0 Å². The molecule has 19 heavy (non-hydrogen) atoms. The largest absolute Gasteiger partial charge is 0.462 e. The SMILES string of the molecule is CCOC(=O)c1c(C)[nH]c(C(=O)OC(C)(C)C)c1C.[HH]. The summed E-state index contributed by atoms with van der Waals surface area (Å²) in [5.74, 6) is -0.896. The van der Waals surface area contributed by atoms with Gasteiger partial charge < -0.3 is 14.5 Å². The second-order valence-corrected chi connectivity index (χ2v) is 5.35. The van der Waals surface area contributed by atoms with E-state index in [-0.39, 0.29) is 1.43 Å². The van der Waals surface area contributed by atoms with Gasteiger partial charge in [-0.3, -0.25) is 0 Å². The van der Waals surface area contributed by atoms with Crippen LogP contribution < -0.4 is 0 Å². The molecule has 0 unspecified atom stereocenters. The summed E-state index contributed by atoms with van der Waals surface area (Å²) in [6.07, 6.45) is 0. The predicted octanol–water partition coefficient (Wildman–Crippen LogP) is 3.01. The van der Waals surface area contributed by atoms with Crippen molar-refractivity contribution in [3.8, 4) is 0 Å². The summed E-state index contributed by atoms with van der Waals surface area (Å²) < 4.78 is 10.3. The fraction of sp³-hybridized carbons (Fsp3) is 0.571. The number of ether oxygens (including phenoxy) is 2. The second-order valence-electron chi connectivity index (χ2n) is 5.35. The van der Waals surface area contributed by atoms with Crippen molar-refractivity contribution in [2.75, 3.05) is 6.61 Å². The first kappa shape index (κ1) is 15.3. The van der Waals surface area contributed by atoms with E-state index >= 15 is 0 Å². The van der Waals surface area contributed by atoms with E-state index in [0.29, 0.717) is 29.1 Å². The Balaban J connectivity index is 0.00000361. The van der Waals surface area contributed by atoms with Crippen molar-refractivity contribution in [3.05, 3.63) is 22.5 Å². The summed E-state index contributed by atoms with van der Waals surface area (Å²) in [6, 6.07) is 0. The Morgan fingerprint density at radius 2 is 1.79 bits per heavy atom. The zero-order valence-electron chi connectivity index (χ0n) is 12.3. The fourth-order valence-electron chi connectivity index (χ4n) is 1.79. The first-order chi connectivity index (χ1) is 8.67. The molecule has 5 nitrogen and oxygen atoms in total. The molecule has 1 rings (SSSR count). The molecule has 1 heterocycles. The van der Waals surface area contributed by atoms with Gasteiger partial charge in [-0.2, -0.15) is 0 Å². The summed E-state index contributed by atoms with van der Waals surface area (Å²) in [5, 5.41) is 0. The molecule has 0 atom stereocenters. The van der Waals surface area contributed by atoms with Crippen LogP contribution in [0.5, 0.6) is 0 Å². The van der Waals surface area contributed by atoms with Gasteiger partial charge in [0.2, 0.25) is 0 Å². The van der Waals surface area contributed by atoms with Crippen LogP contribution >= 0.6 is 0 Å². The van der Waals surface area contributed by atoms with Gasteiger partial charge in [0, 0.05) is 7.12 Å². The number of rotatable bonds is 3. The van der Waals surface area contributed by atoms with Crippen LogP contribution in [0.1, 0.15) is 61.2 Å². The molecule has 5 heteroatoms. The van der Waals surface area contributed by atoms with Crippen molar-refractivity contribution in [1.82, 2.24) is 4.98 Å². The van der Waals surface area contributed by atoms with Crippen molar-refractivity contribution in [2.45, 2.75) is 47.1 Å². The predicted molar refractivity (Wildman–Crippen MR) is 73.5 cm³/mol. The molecular formula is C14H23NO4. The van der Waals surface area contributed by atoms with Crippen LogP contribution in [0.25, 0.3) is 0 Å². The summed E-state index contributed by atoms with van der Waals surface area (Å²) in [6.45, 7) is 10.9. The molecule has 0 aliphatic rings. The third kappa shape index (κ3) is 3.59. The fourth-order valence-corrected chi connectivity index (χ4v) is 1.79. The van der Waals surface area contributed by atoms with E-state index in [1.165, 1.54) is 0 Å². The maximum Gasteiger partial charge on any atom is 0.355 e. The highest BCUT2D eigenvalue weighted by Crippen LogP contribution is 2.21. The van der Waals surface area contributed by atoms with Crippen LogP contribution in [0.4, 0.5) is 0 Å². The molecule has 0 aromatic carbocycles. The number of nitrogens with one attached hydrogen (secondary N) is 1. The molecule has 0 aliphatic heterocycles. The highest BCUT2D eigenvalue weighted by atomic mass is 16.6. The number of aromatic amines is 1. The molecule has 0 spiro atoms. The molecule has 1 aromatic rings. The molecule has 0 fully saturated rings.